The molecule has 0 aliphatic carbocycles. The van der Waals surface area contributed by atoms with Crippen LogP contribution in [-0.4, -0.2) is 33.8 Å². The third-order valence-corrected chi connectivity index (χ3v) is 3.51. The first-order valence-electron chi connectivity index (χ1n) is 4.63. The van der Waals surface area contributed by atoms with E-state index in [1.807, 2.05) is 0 Å². The standard InChI is InChI=1S/C7H10Br2O2.C4H6O2/c1-5(2)7(10)11-4-6(9)3-8;1-3(2)4(5)6/h6H,1,3-4H2,2H3;1H2,2H3,(H,5,6). The number of hydrogen-bond donors (Lipinski definition) is 1. The molecule has 0 aromatic rings. The van der Waals surface area contributed by atoms with E-state index in [1.165, 1.54) is 6.92 Å². The third-order valence-electron chi connectivity index (χ3n) is 1.28. The average Bonchev–Trinajstić information content (AvgIpc) is 2.25. The minimum atomic E-state index is -0.935. The Hall–Kier alpha value is -0.620. The Labute approximate surface area is 118 Å². The van der Waals surface area contributed by atoms with Gasteiger partial charge in [-0.3, -0.25) is 0 Å². The Morgan fingerprint density at radius 1 is 1.29 bits per heavy atom. The number of hydrogen-bond acceptors (Lipinski definition) is 3. The average molecular weight is 372 g/mol. The molecule has 0 aliphatic rings. The van der Waals surface area contributed by atoms with Crippen molar-refractivity contribution in [2.45, 2.75) is 18.7 Å². The highest BCUT2D eigenvalue weighted by molar-refractivity contribution is 9.12. The number of carbonyl (C=O) groups is 2. The Balaban J connectivity index is 0. The maximum Gasteiger partial charge on any atom is 0.333 e. The van der Waals surface area contributed by atoms with Gasteiger partial charge in [-0.25, -0.2) is 9.59 Å². The second-order valence-electron chi connectivity index (χ2n) is 3.22. The van der Waals surface area contributed by atoms with E-state index in [1.54, 1.807) is 6.92 Å². The molecule has 4 nitrogen and oxygen atoms in total. The van der Waals surface area contributed by atoms with Gasteiger partial charge < -0.3 is 9.84 Å². The monoisotopic (exact) mass is 370 g/mol. The van der Waals surface area contributed by atoms with E-state index < -0.39 is 5.97 Å². The number of alkyl halides is 2. The number of aliphatic carboxylic acids is 1. The smallest absolute Gasteiger partial charge is 0.333 e. The Morgan fingerprint density at radius 3 is 1.94 bits per heavy atom. The van der Waals surface area contributed by atoms with Crippen molar-refractivity contribution in [3.8, 4) is 0 Å². The van der Waals surface area contributed by atoms with Gasteiger partial charge in [-0.05, 0) is 13.8 Å². The molecule has 17 heavy (non-hydrogen) atoms. The predicted molar refractivity (Wildman–Crippen MR) is 74.7 cm³/mol. The minimum absolute atomic E-state index is 0.172. The number of ether oxygens (including phenoxy) is 1. The van der Waals surface area contributed by atoms with Gasteiger partial charge in [0.2, 0.25) is 0 Å². The van der Waals surface area contributed by atoms with Crippen LogP contribution < -0.4 is 0 Å². The Morgan fingerprint density at radius 2 is 1.71 bits per heavy atom. The molecule has 0 heterocycles. The second-order valence-corrected chi connectivity index (χ2v) is 5.16. The van der Waals surface area contributed by atoms with Gasteiger partial charge in [0, 0.05) is 16.5 Å². The highest BCUT2D eigenvalue weighted by Gasteiger charge is 2.06. The highest BCUT2D eigenvalue weighted by Crippen LogP contribution is 2.04. The van der Waals surface area contributed by atoms with Gasteiger partial charge in [-0.15, -0.1) is 0 Å². The van der Waals surface area contributed by atoms with E-state index in [0.29, 0.717) is 12.2 Å². The Kier molecular flexibility index (Phi) is 11.6. The van der Waals surface area contributed by atoms with Gasteiger partial charge in [0.1, 0.15) is 6.61 Å². The zero-order valence-electron chi connectivity index (χ0n) is 9.83. The van der Waals surface area contributed by atoms with E-state index >= 15 is 0 Å². The zero-order chi connectivity index (χ0) is 14.0. The van der Waals surface area contributed by atoms with Gasteiger partial charge >= 0.3 is 11.9 Å². The normalized spacial score (nSPS) is 10.6. The fraction of sp³-hybridized carbons (Fsp3) is 0.455. The van der Waals surface area contributed by atoms with Crippen LogP contribution in [0.2, 0.25) is 0 Å². The fourth-order valence-electron chi connectivity index (χ4n) is 0.334. The fourth-order valence-corrected chi connectivity index (χ4v) is 0.653. The molecular weight excluding hydrogens is 356 g/mol. The minimum Gasteiger partial charge on any atom is -0.478 e. The predicted octanol–water partition coefficient (Wildman–Crippen LogP) is 2.91. The summed E-state index contributed by atoms with van der Waals surface area (Å²) in [6.45, 7) is 10.1. The van der Waals surface area contributed by atoms with E-state index in [0.717, 1.165) is 5.33 Å². The first-order chi connectivity index (χ1) is 7.72. The van der Waals surface area contributed by atoms with Crippen LogP contribution in [0.5, 0.6) is 0 Å². The lowest BCUT2D eigenvalue weighted by Gasteiger charge is -2.06. The van der Waals surface area contributed by atoms with Crippen molar-refractivity contribution >= 4 is 43.8 Å². The van der Waals surface area contributed by atoms with Crippen molar-refractivity contribution in [2.24, 2.45) is 0 Å². The number of halogens is 2. The van der Waals surface area contributed by atoms with Crippen LogP contribution >= 0.6 is 31.9 Å². The van der Waals surface area contributed by atoms with Crippen LogP contribution in [0.3, 0.4) is 0 Å². The molecule has 0 aromatic heterocycles. The van der Waals surface area contributed by atoms with Crippen molar-refractivity contribution in [1.82, 2.24) is 0 Å². The molecule has 0 spiro atoms. The molecule has 0 rings (SSSR count). The molecule has 98 valence electrons. The van der Waals surface area contributed by atoms with E-state index in [2.05, 4.69) is 45.0 Å². The van der Waals surface area contributed by atoms with E-state index in [4.69, 9.17) is 9.84 Å². The molecular formula is C11H16Br2O4. The van der Waals surface area contributed by atoms with Gasteiger partial charge in [0.05, 0.1) is 4.83 Å². The second kappa shape index (κ2) is 10.5. The Bertz CT molecular complexity index is 288. The van der Waals surface area contributed by atoms with Gasteiger partial charge in [0.25, 0.3) is 0 Å². The molecule has 6 heteroatoms. The lowest BCUT2D eigenvalue weighted by Crippen LogP contribution is -2.14. The van der Waals surface area contributed by atoms with Crippen molar-refractivity contribution in [2.75, 3.05) is 11.9 Å². The van der Waals surface area contributed by atoms with Crippen molar-refractivity contribution in [3.05, 3.63) is 24.3 Å². The summed E-state index contributed by atoms with van der Waals surface area (Å²) in [6, 6.07) is 0. The summed E-state index contributed by atoms with van der Waals surface area (Å²) in [7, 11) is 0. The van der Waals surface area contributed by atoms with Crippen molar-refractivity contribution < 1.29 is 19.4 Å². The molecule has 0 amide bonds. The number of carbonyl (C=O) groups excluding carboxylic acids is 1. The number of rotatable bonds is 5. The zero-order valence-corrected chi connectivity index (χ0v) is 13.0. The lowest BCUT2D eigenvalue weighted by atomic mass is 10.4. The molecule has 1 unspecified atom stereocenters. The maximum atomic E-state index is 10.8. The van der Waals surface area contributed by atoms with Gasteiger partial charge in [-0.1, -0.05) is 45.0 Å². The van der Waals surface area contributed by atoms with Gasteiger partial charge in [0.15, 0.2) is 0 Å². The topological polar surface area (TPSA) is 63.6 Å². The molecule has 0 aliphatic heterocycles. The molecule has 0 saturated carbocycles. The van der Waals surface area contributed by atoms with Crippen LogP contribution in [0.1, 0.15) is 13.8 Å². The quantitative estimate of drug-likeness (QED) is 0.458. The largest absolute Gasteiger partial charge is 0.478 e. The molecule has 0 radical (unpaired) electrons. The summed E-state index contributed by atoms with van der Waals surface area (Å²) < 4.78 is 4.84. The summed E-state index contributed by atoms with van der Waals surface area (Å²) in [5.41, 5.74) is 0.606. The van der Waals surface area contributed by atoms with Crippen molar-refractivity contribution in [1.29, 1.82) is 0 Å². The van der Waals surface area contributed by atoms with Crippen LogP contribution in [0.25, 0.3) is 0 Å². The SMILES string of the molecule is C=C(C)C(=O)O.C=C(C)C(=O)OCC(Br)CBr. The van der Waals surface area contributed by atoms with Gasteiger partial charge in [-0.2, -0.15) is 0 Å². The molecule has 1 N–H and O–H groups in total. The van der Waals surface area contributed by atoms with E-state index in [9.17, 15) is 9.59 Å². The van der Waals surface area contributed by atoms with E-state index in [-0.39, 0.29) is 16.4 Å². The molecule has 1 atom stereocenters. The summed E-state index contributed by atoms with van der Waals surface area (Å²) in [5.74, 6) is -1.27. The lowest BCUT2D eigenvalue weighted by molar-refractivity contribution is -0.138. The summed E-state index contributed by atoms with van der Waals surface area (Å²) in [6.07, 6.45) is 0. The van der Waals surface area contributed by atoms with Crippen molar-refractivity contribution in [3.63, 3.8) is 0 Å². The highest BCUT2D eigenvalue weighted by atomic mass is 79.9. The summed E-state index contributed by atoms with van der Waals surface area (Å²) in [4.78, 5) is 20.6. The molecule has 0 fully saturated rings. The van der Waals surface area contributed by atoms with Crippen LogP contribution in [-0.2, 0) is 14.3 Å². The summed E-state index contributed by atoms with van der Waals surface area (Å²) in [5, 5.41) is 8.65. The molecule has 0 saturated heterocycles. The maximum absolute atomic E-state index is 10.8. The number of carboxylic acid groups (broad SMARTS) is 1. The third kappa shape index (κ3) is 13.3. The first-order valence-corrected chi connectivity index (χ1v) is 6.67. The van der Waals surface area contributed by atoms with Crippen LogP contribution in [0, 0.1) is 0 Å². The molecule has 0 aromatic carbocycles. The van der Waals surface area contributed by atoms with Crippen LogP contribution in [0.4, 0.5) is 0 Å². The number of carboxylic acids is 1. The summed E-state index contributed by atoms with van der Waals surface area (Å²) >= 11 is 6.54. The number of esters is 1. The first kappa shape index (κ1) is 18.7. The molecule has 0 bridgehead atoms. The van der Waals surface area contributed by atoms with Crippen LogP contribution in [0.15, 0.2) is 24.3 Å².